The van der Waals surface area contributed by atoms with Gasteiger partial charge in [-0.25, -0.2) is 0 Å². The number of hydrogen-bond acceptors (Lipinski definition) is 3. The van der Waals surface area contributed by atoms with Gasteiger partial charge in [-0.2, -0.15) is 0 Å². The molecule has 4 rings (SSSR count). The molecule has 0 unspecified atom stereocenters. The summed E-state index contributed by atoms with van der Waals surface area (Å²) in [6.45, 7) is 4.30. The minimum Gasteiger partial charge on any atom is -0.356 e. The van der Waals surface area contributed by atoms with Crippen LogP contribution in [0.15, 0.2) is 4.99 Å². The van der Waals surface area contributed by atoms with E-state index in [1.165, 1.54) is 83.0 Å². The van der Waals surface area contributed by atoms with Crippen molar-refractivity contribution >= 4 is 29.9 Å². The summed E-state index contributed by atoms with van der Waals surface area (Å²) in [5.74, 6) is 3.40. The maximum absolute atomic E-state index is 4.62. The van der Waals surface area contributed by atoms with Gasteiger partial charge < -0.3 is 14.8 Å². The van der Waals surface area contributed by atoms with E-state index in [0.717, 1.165) is 44.3 Å². The van der Waals surface area contributed by atoms with Crippen molar-refractivity contribution < 1.29 is 0 Å². The largest absolute Gasteiger partial charge is 0.356 e. The molecule has 6 nitrogen and oxygen atoms in total. The molecule has 1 aromatic heterocycles. The van der Waals surface area contributed by atoms with Crippen LogP contribution >= 0.6 is 24.0 Å². The number of hydrogen-bond donors (Lipinski definition) is 1. The number of guanidine groups is 1. The van der Waals surface area contributed by atoms with Gasteiger partial charge >= 0.3 is 0 Å². The van der Waals surface area contributed by atoms with Gasteiger partial charge in [0.15, 0.2) is 5.96 Å². The van der Waals surface area contributed by atoms with Crippen LogP contribution in [-0.2, 0) is 19.4 Å². The van der Waals surface area contributed by atoms with Gasteiger partial charge in [0.25, 0.3) is 0 Å². The fourth-order valence-electron chi connectivity index (χ4n) is 5.62. The van der Waals surface area contributed by atoms with Crippen LogP contribution < -0.4 is 5.32 Å². The van der Waals surface area contributed by atoms with Gasteiger partial charge in [-0.05, 0) is 43.9 Å². The highest BCUT2D eigenvalue weighted by Gasteiger charge is 2.36. The maximum Gasteiger partial charge on any atom is 0.193 e. The first-order valence-corrected chi connectivity index (χ1v) is 11.7. The normalized spacial score (nSPS) is 22.4. The molecule has 3 aliphatic rings. The second-order valence-corrected chi connectivity index (χ2v) is 9.16. The van der Waals surface area contributed by atoms with E-state index >= 15 is 0 Å². The number of piperidine rings is 1. The van der Waals surface area contributed by atoms with Crippen LogP contribution in [0.25, 0.3) is 0 Å². The average Bonchev–Trinajstić information content (AvgIpc) is 2.88. The lowest BCUT2D eigenvalue weighted by Crippen LogP contribution is -2.50. The van der Waals surface area contributed by atoms with Gasteiger partial charge in [0.2, 0.25) is 0 Å². The van der Waals surface area contributed by atoms with E-state index in [4.69, 9.17) is 0 Å². The molecule has 1 saturated heterocycles. The molecular weight excluding hydrogens is 475 g/mol. The second-order valence-electron chi connectivity index (χ2n) is 9.16. The van der Waals surface area contributed by atoms with Crippen LogP contribution in [0, 0.1) is 5.41 Å². The van der Waals surface area contributed by atoms with E-state index in [1.54, 1.807) is 0 Å². The molecule has 1 N–H and O–H groups in total. The Balaban J connectivity index is 0.00000240. The molecule has 2 fully saturated rings. The number of likely N-dealkylation sites (tertiary alicyclic amines) is 1. The lowest BCUT2D eigenvalue weighted by atomic mass is 9.74. The van der Waals surface area contributed by atoms with Crippen LogP contribution in [0.4, 0.5) is 0 Å². The van der Waals surface area contributed by atoms with Crippen molar-refractivity contribution in [3.8, 4) is 0 Å². The summed E-state index contributed by atoms with van der Waals surface area (Å²) in [6, 6.07) is 0. The first kappa shape index (κ1) is 22.8. The molecule has 1 saturated carbocycles. The highest BCUT2D eigenvalue weighted by Crippen LogP contribution is 2.42. The number of fused-ring (bicyclic) bond motifs is 1. The summed E-state index contributed by atoms with van der Waals surface area (Å²) >= 11 is 0. The Labute approximate surface area is 193 Å². The van der Waals surface area contributed by atoms with E-state index in [9.17, 15) is 0 Å². The standard InChI is InChI=1S/C22H38N6.HI/c1-23-21(27-16-9-14-22(18-27)12-6-2-3-7-13-22)24-15-11-20-26-25-19-10-5-4-8-17-28(19)20;/h2-18H2,1H3,(H,23,24);1H. The number of nitrogens with zero attached hydrogens (tertiary/aromatic N) is 5. The average molecular weight is 515 g/mol. The molecule has 1 aliphatic carbocycles. The van der Waals surface area contributed by atoms with Gasteiger partial charge in [0.1, 0.15) is 11.6 Å². The van der Waals surface area contributed by atoms with Crippen molar-refractivity contribution in [3.05, 3.63) is 11.6 Å². The molecule has 0 radical (unpaired) electrons. The summed E-state index contributed by atoms with van der Waals surface area (Å²) in [7, 11) is 1.93. The molecule has 7 heteroatoms. The van der Waals surface area contributed by atoms with Crippen LogP contribution in [-0.4, -0.2) is 52.3 Å². The summed E-state index contributed by atoms with van der Waals surface area (Å²) in [4.78, 5) is 7.15. The van der Waals surface area contributed by atoms with E-state index < -0.39 is 0 Å². The third kappa shape index (κ3) is 5.64. The van der Waals surface area contributed by atoms with Crippen LogP contribution in [0.2, 0.25) is 0 Å². The quantitative estimate of drug-likeness (QED) is 0.374. The number of halogens is 1. The molecule has 0 bridgehead atoms. The number of aliphatic imine (C=N–C) groups is 1. The highest BCUT2D eigenvalue weighted by molar-refractivity contribution is 14.0. The molecule has 3 heterocycles. The zero-order valence-corrected chi connectivity index (χ0v) is 20.5. The van der Waals surface area contributed by atoms with E-state index in [1.807, 2.05) is 7.05 Å². The Hall–Kier alpha value is -0.860. The van der Waals surface area contributed by atoms with Crippen molar-refractivity contribution in [2.24, 2.45) is 10.4 Å². The Morgan fingerprint density at radius 1 is 0.966 bits per heavy atom. The van der Waals surface area contributed by atoms with Gasteiger partial charge in [-0.15, -0.1) is 34.2 Å². The summed E-state index contributed by atoms with van der Waals surface area (Å²) in [5, 5.41) is 12.5. The predicted molar refractivity (Wildman–Crippen MR) is 129 cm³/mol. The van der Waals surface area contributed by atoms with Crippen molar-refractivity contribution in [1.82, 2.24) is 25.0 Å². The molecular formula is C22H39IN6. The van der Waals surface area contributed by atoms with E-state index in [-0.39, 0.29) is 24.0 Å². The molecule has 0 aromatic carbocycles. The summed E-state index contributed by atoms with van der Waals surface area (Å²) in [5.41, 5.74) is 0.538. The fraction of sp³-hybridized carbons (Fsp3) is 0.864. The lowest BCUT2D eigenvalue weighted by Gasteiger charge is -2.44. The second kappa shape index (κ2) is 11.0. The third-order valence-electron chi connectivity index (χ3n) is 7.15. The Morgan fingerprint density at radius 2 is 1.72 bits per heavy atom. The third-order valence-corrected chi connectivity index (χ3v) is 7.15. The molecule has 0 amide bonds. The maximum atomic E-state index is 4.62. The first-order valence-electron chi connectivity index (χ1n) is 11.7. The summed E-state index contributed by atoms with van der Waals surface area (Å²) in [6.07, 6.45) is 17.0. The van der Waals surface area contributed by atoms with Crippen molar-refractivity contribution in [3.63, 3.8) is 0 Å². The SMILES string of the molecule is CN=C(NCCc1nnc2n1CCCCC2)N1CCCC2(CCCCCC2)C1.I. The predicted octanol–water partition coefficient (Wildman–Crippen LogP) is 4.18. The Kier molecular flexibility index (Phi) is 8.62. The number of nitrogens with one attached hydrogen (secondary N) is 1. The molecule has 29 heavy (non-hydrogen) atoms. The van der Waals surface area contributed by atoms with Crippen LogP contribution in [0.1, 0.15) is 82.3 Å². The fourth-order valence-corrected chi connectivity index (χ4v) is 5.62. The topological polar surface area (TPSA) is 58.3 Å². The number of rotatable bonds is 3. The molecule has 164 valence electrons. The van der Waals surface area contributed by atoms with E-state index in [0.29, 0.717) is 5.41 Å². The van der Waals surface area contributed by atoms with Gasteiger partial charge in [-0.1, -0.05) is 32.1 Å². The molecule has 2 aliphatic heterocycles. The molecule has 1 spiro atoms. The van der Waals surface area contributed by atoms with Gasteiger partial charge in [-0.3, -0.25) is 4.99 Å². The van der Waals surface area contributed by atoms with Gasteiger partial charge in [0, 0.05) is 46.1 Å². The van der Waals surface area contributed by atoms with Crippen LogP contribution in [0.5, 0.6) is 0 Å². The molecule has 0 atom stereocenters. The lowest BCUT2D eigenvalue weighted by molar-refractivity contribution is 0.115. The minimum atomic E-state index is 0. The molecule has 1 aromatic rings. The first-order chi connectivity index (χ1) is 13.8. The van der Waals surface area contributed by atoms with Crippen molar-refractivity contribution in [1.29, 1.82) is 0 Å². The number of aryl methyl sites for hydroxylation is 1. The van der Waals surface area contributed by atoms with Crippen molar-refractivity contribution in [2.45, 2.75) is 90.0 Å². The highest BCUT2D eigenvalue weighted by atomic mass is 127. The van der Waals surface area contributed by atoms with Crippen molar-refractivity contribution in [2.75, 3.05) is 26.7 Å². The summed E-state index contributed by atoms with van der Waals surface area (Å²) < 4.78 is 2.36. The zero-order chi connectivity index (χ0) is 19.2. The Morgan fingerprint density at radius 3 is 2.52 bits per heavy atom. The van der Waals surface area contributed by atoms with Gasteiger partial charge in [0.05, 0.1) is 0 Å². The Bertz CT molecular complexity index is 662. The minimum absolute atomic E-state index is 0. The van der Waals surface area contributed by atoms with Crippen LogP contribution in [0.3, 0.4) is 0 Å². The smallest absolute Gasteiger partial charge is 0.193 e. The van der Waals surface area contributed by atoms with E-state index in [2.05, 4.69) is 30.0 Å². The number of aromatic nitrogens is 3. The monoisotopic (exact) mass is 514 g/mol. The zero-order valence-electron chi connectivity index (χ0n) is 18.2.